The number of benzene rings is 1. The van der Waals surface area contributed by atoms with Gasteiger partial charge in [-0.15, -0.1) is 0 Å². The van der Waals surface area contributed by atoms with E-state index in [-0.39, 0.29) is 11.9 Å². The van der Waals surface area contributed by atoms with Crippen LogP contribution < -0.4 is 5.32 Å². The summed E-state index contributed by atoms with van der Waals surface area (Å²) in [5.74, 6) is -0.442. The molecule has 1 amide bonds. The van der Waals surface area contributed by atoms with Gasteiger partial charge in [0.15, 0.2) is 0 Å². The van der Waals surface area contributed by atoms with E-state index in [9.17, 15) is 9.59 Å². The lowest BCUT2D eigenvalue weighted by atomic mass is 9.81. The number of esters is 1. The predicted molar refractivity (Wildman–Crippen MR) is 76.1 cm³/mol. The summed E-state index contributed by atoms with van der Waals surface area (Å²) in [6.07, 6.45) is 4.62. The Morgan fingerprint density at radius 3 is 2.40 bits per heavy atom. The van der Waals surface area contributed by atoms with Crippen molar-refractivity contribution >= 4 is 11.9 Å². The van der Waals surface area contributed by atoms with Gasteiger partial charge in [-0.3, -0.25) is 4.79 Å². The molecule has 0 heterocycles. The summed E-state index contributed by atoms with van der Waals surface area (Å²) in [4.78, 5) is 24.2. The van der Waals surface area contributed by atoms with E-state index >= 15 is 0 Å². The minimum Gasteiger partial charge on any atom is -0.467 e. The molecule has 4 nitrogen and oxygen atoms in total. The summed E-state index contributed by atoms with van der Waals surface area (Å²) in [6, 6.07) is 9.54. The molecule has 1 saturated carbocycles. The van der Waals surface area contributed by atoms with Crippen LogP contribution in [0.1, 0.15) is 37.7 Å². The van der Waals surface area contributed by atoms with Crippen molar-refractivity contribution < 1.29 is 14.3 Å². The fourth-order valence-corrected chi connectivity index (χ4v) is 2.82. The van der Waals surface area contributed by atoms with Gasteiger partial charge < -0.3 is 10.1 Å². The van der Waals surface area contributed by atoms with E-state index in [1.54, 1.807) is 0 Å². The smallest absolute Gasteiger partial charge is 0.331 e. The topological polar surface area (TPSA) is 55.4 Å². The van der Waals surface area contributed by atoms with Gasteiger partial charge in [-0.1, -0.05) is 49.6 Å². The third-order valence-corrected chi connectivity index (χ3v) is 3.87. The Hall–Kier alpha value is -1.84. The molecule has 1 aromatic rings. The highest BCUT2D eigenvalue weighted by Gasteiger charge is 2.41. The largest absolute Gasteiger partial charge is 0.467 e. The second-order valence-electron chi connectivity index (χ2n) is 5.34. The first-order chi connectivity index (χ1) is 9.66. The molecule has 1 aromatic carbocycles. The van der Waals surface area contributed by atoms with E-state index in [2.05, 4.69) is 5.32 Å². The lowest BCUT2D eigenvalue weighted by Gasteiger charge is -2.35. The van der Waals surface area contributed by atoms with Gasteiger partial charge in [0.1, 0.15) is 5.54 Å². The Balaban J connectivity index is 2.04. The zero-order chi connectivity index (χ0) is 14.4. The minimum atomic E-state index is -0.821. The molecule has 0 aliphatic heterocycles. The Morgan fingerprint density at radius 1 is 1.15 bits per heavy atom. The summed E-state index contributed by atoms with van der Waals surface area (Å²) in [5.41, 5.74) is 0.125. The molecule has 20 heavy (non-hydrogen) atoms. The summed E-state index contributed by atoms with van der Waals surface area (Å²) < 4.78 is 4.89. The second-order valence-corrected chi connectivity index (χ2v) is 5.34. The van der Waals surface area contributed by atoms with E-state index < -0.39 is 5.54 Å². The maximum Gasteiger partial charge on any atom is 0.331 e. The van der Waals surface area contributed by atoms with Crippen LogP contribution in [0.2, 0.25) is 0 Å². The predicted octanol–water partition coefficient (Wildman–Crippen LogP) is 2.22. The van der Waals surface area contributed by atoms with Gasteiger partial charge in [-0.2, -0.15) is 0 Å². The zero-order valence-electron chi connectivity index (χ0n) is 11.9. The maximum atomic E-state index is 12.2. The van der Waals surface area contributed by atoms with Gasteiger partial charge in [0.05, 0.1) is 13.5 Å². The molecular weight excluding hydrogens is 254 g/mol. The normalized spacial score (nSPS) is 17.2. The van der Waals surface area contributed by atoms with Crippen LogP contribution in [0, 0.1) is 0 Å². The molecule has 108 valence electrons. The van der Waals surface area contributed by atoms with E-state index in [4.69, 9.17) is 4.74 Å². The first-order valence-corrected chi connectivity index (χ1v) is 7.10. The third kappa shape index (κ3) is 3.38. The zero-order valence-corrected chi connectivity index (χ0v) is 11.9. The molecule has 0 atom stereocenters. The average Bonchev–Trinajstić information content (AvgIpc) is 2.48. The van der Waals surface area contributed by atoms with Crippen molar-refractivity contribution in [1.29, 1.82) is 0 Å². The molecule has 2 rings (SSSR count). The minimum absolute atomic E-state index is 0.122. The van der Waals surface area contributed by atoms with Crippen molar-refractivity contribution in [2.45, 2.75) is 44.1 Å². The van der Waals surface area contributed by atoms with Crippen molar-refractivity contribution in [2.24, 2.45) is 0 Å². The van der Waals surface area contributed by atoms with Crippen LogP contribution in [0.4, 0.5) is 0 Å². The van der Waals surface area contributed by atoms with Crippen LogP contribution in [0.15, 0.2) is 30.3 Å². The van der Waals surface area contributed by atoms with Crippen molar-refractivity contribution in [3.63, 3.8) is 0 Å². The van der Waals surface area contributed by atoms with Crippen LogP contribution in [0.3, 0.4) is 0 Å². The third-order valence-electron chi connectivity index (χ3n) is 3.87. The highest BCUT2D eigenvalue weighted by Crippen LogP contribution is 2.29. The highest BCUT2D eigenvalue weighted by atomic mass is 16.5. The molecule has 0 radical (unpaired) electrons. The average molecular weight is 275 g/mol. The number of carbonyl (C=O) groups excluding carboxylic acids is 2. The Kier molecular flexibility index (Phi) is 4.77. The fraction of sp³-hybridized carbons (Fsp3) is 0.500. The number of ether oxygens (including phenoxy) is 1. The van der Waals surface area contributed by atoms with Crippen molar-refractivity contribution in [3.8, 4) is 0 Å². The number of hydrogen-bond acceptors (Lipinski definition) is 3. The second kappa shape index (κ2) is 6.55. The van der Waals surface area contributed by atoms with Gasteiger partial charge in [0.25, 0.3) is 0 Å². The van der Waals surface area contributed by atoms with Crippen LogP contribution in [-0.4, -0.2) is 24.5 Å². The van der Waals surface area contributed by atoms with E-state index in [0.717, 1.165) is 24.8 Å². The van der Waals surface area contributed by atoms with Crippen LogP contribution in [-0.2, 0) is 20.7 Å². The van der Waals surface area contributed by atoms with Gasteiger partial charge >= 0.3 is 5.97 Å². The molecule has 0 spiro atoms. The lowest BCUT2D eigenvalue weighted by molar-refractivity contribution is -0.152. The number of amides is 1. The van der Waals surface area contributed by atoms with Gasteiger partial charge in [-0.25, -0.2) is 4.79 Å². The number of hydrogen-bond donors (Lipinski definition) is 1. The number of rotatable bonds is 4. The monoisotopic (exact) mass is 275 g/mol. The van der Waals surface area contributed by atoms with Gasteiger partial charge in [-0.05, 0) is 18.4 Å². The Labute approximate surface area is 119 Å². The van der Waals surface area contributed by atoms with Gasteiger partial charge in [0.2, 0.25) is 5.91 Å². The molecule has 1 fully saturated rings. The fourth-order valence-electron chi connectivity index (χ4n) is 2.82. The summed E-state index contributed by atoms with van der Waals surface area (Å²) in [5, 5.41) is 2.92. The molecule has 0 unspecified atom stereocenters. The SMILES string of the molecule is COC(=O)C1(NC(=O)Cc2ccccc2)CCCCC1. The molecule has 0 bridgehead atoms. The Morgan fingerprint density at radius 2 is 1.80 bits per heavy atom. The van der Waals surface area contributed by atoms with Crippen LogP contribution in [0.5, 0.6) is 0 Å². The standard InChI is InChI=1S/C16H21NO3/c1-20-15(19)16(10-6-3-7-11-16)17-14(18)12-13-8-4-2-5-9-13/h2,4-5,8-9H,3,6-7,10-12H2,1H3,(H,17,18). The van der Waals surface area contributed by atoms with Gasteiger partial charge in [0, 0.05) is 0 Å². The molecule has 0 aromatic heterocycles. The first kappa shape index (κ1) is 14.6. The lowest BCUT2D eigenvalue weighted by Crippen LogP contribution is -2.56. The highest BCUT2D eigenvalue weighted by molar-refractivity contribution is 5.89. The summed E-state index contributed by atoms with van der Waals surface area (Å²) in [6.45, 7) is 0. The number of nitrogens with one attached hydrogen (secondary N) is 1. The van der Waals surface area contributed by atoms with E-state index in [0.29, 0.717) is 19.3 Å². The van der Waals surface area contributed by atoms with Crippen LogP contribution >= 0.6 is 0 Å². The van der Waals surface area contributed by atoms with E-state index in [1.807, 2.05) is 30.3 Å². The number of methoxy groups -OCH3 is 1. The molecule has 0 saturated heterocycles. The van der Waals surface area contributed by atoms with Crippen molar-refractivity contribution in [1.82, 2.24) is 5.32 Å². The molecule has 4 heteroatoms. The summed E-state index contributed by atoms with van der Waals surface area (Å²) >= 11 is 0. The molecule has 1 aliphatic carbocycles. The van der Waals surface area contributed by atoms with Crippen molar-refractivity contribution in [3.05, 3.63) is 35.9 Å². The van der Waals surface area contributed by atoms with Crippen molar-refractivity contribution in [2.75, 3.05) is 7.11 Å². The van der Waals surface area contributed by atoms with E-state index in [1.165, 1.54) is 7.11 Å². The molecular formula is C16H21NO3. The maximum absolute atomic E-state index is 12.2. The number of carbonyl (C=O) groups is 2. The Bertz CT molecular complexity index is 464. The molecule has 1 N–H and O–H groups in total. The summed E-state index contributed by atoms with van der Waals surface area (Å²) in [7, 11) is 1.38. The first-order valence-electron chi connectivity index (χ1n) is 7.10. The van der Waals surface area contributed by atoms with Crippen LogP contribution in [0.25, 0.3) is 0 Å². The molecule has 1 aliphatic rings. The quantitative estimate of drug-likeness (QED) is 0.857.